The van der Waals surface area contributed by atoms with Gasteiger partial charge < -0.3 is 15.8 Å². The van der Waals surface area contributed by atoms with E-state index in [1.165, 1.54) is 0 Å². The summed E-state index contributed by atoms with van der Waals surface area (Å²) in [6.45, 7) is -0.780. The number of rotatable bonds is 7. The SMILES string of the molecule is Nc1ccc([N+](=O)[O-])cc1C(=O)OCC(=O)Nc1ccc(S(=O)(=O)C(F)F)cc1. The molecule has 0 spiro atoms. The number of anilines is 2. The van der Waals surface area contributed by atoms with Gasteiger partial charge in [0.1, 0.15) is 0 Å². The van der Waals surface area contributed by atoms with Crippen molar-refractivity contribution in [1.29, 1.82) is 0 Å². The smallest absolute Gasteiger partial charge is 0.341 e. The van der Waals surface area contributed by atoms with Gasteiger partial charge in [-0.2, -0.15) is 8.78 Å². The van der Waals surface area contributed by atoms with Gasteiger partial charge in [0.2, 0.25) is 9.84 Å². The Morgan fingerprint density at radius 2 is 1.79 bits per heavy atom. The number of nitrogens with two attached hydrogens (primary N) is 1. The summed E-state index contributed by atoms with van der Waals surface area (Å²) in [5.41, 5.74) is 4.85. The Balaban J connectivity index is 1.99. The average molecular weight is 429 g/mol. The van der Waals surface area contributed by atoms with Crippen LogP contribution in [0.15, 0.2) is 47.4 Å². The van der Waals surface area contributed by atoms with Gasteiger partial charge in [-0.05, 0) is 30.3 Å². The number of halogens is 2. The molecule has 0 fully saturated rings. The molecule has 2 rings (SSSR count). The molecule has 0 aliphatic carbocycles. The summed E-state index contributed by atoms with van der Waals surface area (Å²) in [7, 11) is -4.76. The number of carbonyl (C=O) groups is 2. The van der Waals surface area contributed by atoms with Crippen LogP contribution in [-0.4, -0.2) is 37.6 Å². The van der Waals surface area contributed by atoms with Gasteiger partial charge >= 0.3 is 11.7 Å². The Kier molecular flexibility index (Phi) is 6.43. The summed E-state index contributed by atoms with van der Waals surface area (Å²) in [5, 5.41) is 13.0. The first kappa shape index (κ1) is 21.7. The molecule has 3 N–H and O–H groups in total. The van der Waals surface area contributed by atoms with Crippen molar-refractivity contribution < 1.29 is 36.4 Å². The highest BCUT2D eigenvalue weighted by atomic mass is 32.2. The molecule has 2 aromatic carbocycles. The van der Waals surface area contributed by atoms with Crippen LogP contribution < -0.4 is 11.1 Å². The second-order valence-corrected chi connectivity index (χ2v) is 7.40. The Morgan fingerprint density at radius 1 is 1.17 bits per heavy atom. The fraction of sp³-hybridized carbons (Fsp3) is 0.125. The maximum Gasteiger partial charge on any atom is 0.341 e. The van der Waals surface area contributed by atoms with Crippen molar-refractivity contribution in [3.05, 3.63) is 58.1 Å². The number of non-ortho nitro benzene ring substituents is 1. The van der Waals surface area contributed by atoms with Crippen molar-refractivity contribution in [3.8, 4) is 0 Å². The van der Waals surface area contributed by atoms with Gasteiger partial charge in [0.15, 0.2) is 6.61 Å². The Labute approximate surface area is 162 Å². The molecule has 2 aromatic rings. The molecule has 0 unspecified atom stereocenters. The van der Waals surface area contributed by atoms with Gasteiger partial charge in [0, 0.05) is 23.5 Å². The topological polar surface area (TPSA) is 159 Å². The lowest BCUT2D eigenvalue weighted by molar-refractivity contribution is -0.384. The first-order valence-electron chi connectivity index (χ1n) is 7.65. The zero-order valence-corrected chi connectivity index (χ0v) is 15.2. The molecule has 0 aromatic heterocycles. The lowest BCUT2D eigenvalue weighted by Crippen LogP contribution is -2.21. The predicted molar refractivity (Wildman–Crippen MR) is 96.1 cm³/mol. The largest absolute Gasteiger partial charge is 0.452 e. The molecule has 1 amide bonds. The zero-order valence-electron chi connectivity index (χ0n) is 14.4. The van der Waals surface area contributed by atoms with E-state index in [0.717, 1.165) is 42.5 Å². The number of benzene rings is 2. The molecular formula is C16H13F2N3O7S. The lowest BCUT2D eigenvalue weighted by Gasteiger charge is -2.09. The number of nitro groups is 1. The van der Waals surface area contributed by atoms with Crippen LogP contribution in [0.1, 0.15) is 10.4 Å². The molecule has 154 valence electrons. The molecule has 0 heterocycles. The summed E-state index contributed by atoms with van der Waals surface area (Å²) < 4.78 is 52.3. The number of nitro benzene ring substituents is 1. The van der Waals surface area contributed by atoms with Crippen molar-refractivity contribution >= 4 is 38.8 Å². The van der Waals surface area contributed by atoms with E-state index in [-0.39, 0.29) is 16.9 Å². The third kappa shape index (κ3) is 5.22. The molecule has 0 saturated carbocycles. The number of ether oxygens (including phenoxy) is 1. The van der Waals surface area contributed by atoms with E-state index in [1.54, 1.807) is 0 Å². The molecular weight excluding hydrogens is 416 g/mol. The van der Waals surface area contributed by atoms with E-state index >= 15 is 0 Å². The van der Waals surface area contributed by atoms with Crippen molar-refractivity contribution in [3.63, 3.8) is 0 Å². The summed E-state index contributed by atoms with van der Waals surface area (Å²) in [4.78, 5) is 33.2. The van der Waals surface area contributed by atoms with Crippen LogP contribution in [0.3, 0.4) is 0 Å². The molecule has 0 aliphatic rings. The van der Waals surface area contributed by atoms with E-state index < -0.39 is 49.6 Å². The molecule has 0 bridgehead atoms. The quantitative estimate of drug-likeness (QED) is 0.292. The Hall–Kier alpha value is -3.61. The first-order valence-corrected chi connectivity index (χ1v) is 9.20. The number of nitrogens with zero attached hydrogens (tertiary/aromatic N) is 1. The molecule has 29 heavy (non-hydrogen) atoms. The van der Waals surface area contributed by atoms with Crippen LogP contribution in [0.4, 0.5) is 25.8 Å². The Bertz CT molecular complexity index is 1060. The summed E-state index contributed by atoms with van der Waals surface area (Å²) >= 11 is 0. The normalized spacial score (nSPS) is 11.1. The first-order chi connectivity index (χ1) is 13.5. The van der Waals surface area contributed by atoms with E-state index in [9.17, 15) is 36.9 Å². The zero-order chi connectivity index (χ0) is 21.8. The maximum absolute atomic E-state index is 12.5. The van der Waals surface area contributed by atoms with Crippen molar-refractivity contribution in [2.75, 3.05) is 17.7 Å². The number of hydrogen-bond acceptors (Lipinski definition) is 8. The van der Waals surface area contributed by atoms with Crippen LogP contribution in [0, 0.1) is 10.1 Å². The second-order valence-electron chi connectivity index (χ2n) is 5.48. The van der Waals surface area contributed by atoms with Gasteiger partial charge in [-0.25, -0.2) is 13.2 Å². The third-order valence-electron chi connectivity index (χ3n) is 3.50. The van der Waals surface area contributed by atoms with E-state index in [4.69, 9.17) is 10.5 Å². The molecule has 0 radical (unpaired) electrons. The highest BCUT2D eigenvalue weighted by Crippen LogP contribution is 2.21. The van der Waals surface area contributed by atoms with Crippen molar-refractivity contribution in [2.24, 2.45) is 0 Å². The maximum atomic E-state index is 12.5. The number of carbonyl (C=O) groups excluding carboxylic acids is 2. The molecule has 10 nitrogen and oxygen atoms in total. The van der Waals surface area contributed by atoms with Crippen LogP contribution in [0.25, 0.3) is 0 Å². The van der Waals surface area contributed by atoms with Gasteiger partial charge in [-0.3, -0.25) is 14.9 Å². The van der Waals surface area contributed by atoms with E-state index in [2.05, 4.69) is 5.32 Å². The molecule has 0 atom stereocenters. The molecule has 13 heteroatoms. The highest BCUT2D eigenvalue weighted by Gasteiger charge is 2.26. The standard InChI is InChI=1S/C16H13F2N3O7S/c17-16(18)29(26,27)11-4-1-9(2-5-11)20-14(22)8-28-15(23)12-7-10(21(24)25)3-6-13(12)19/h1-7,16H,8,19H2,(H,20,22). The number of nitrogen functional groups attached to an aromatic ring is 1. The van der Waals surface area contributed by atoms with E-state index in [0.29, 0.717) is 0 Å². The van der Waals surface area contributed by atoms with Gasteiger partial charge in [-0.1, -0.05) is 0 Å². The number of esters is 1. The third-order valence-corrected chi connectivity index (χ3v) is 4.90. The number of nitrogens with one attached hydrogen (secondary N) is 1. The van der Waals surface area contributed by atoms with Crippen LogP contribution in [0.2, 0.25) is 0 Å². The number of alkyl halides is 2. The molecule has 0 aliphatic heterocycles. The number of sulfone groups is 1. The van der Waals surface area contributed by atoms with Crippen molar-refractivity contribution in [1.82, 2.24) is 0 Å². The minimum absolute atomic E-state index is 0.0640. The minimum atomic E-state index is -4.76. The monoisotopic (exact) mass is 429 g/mol. The summed E-state index contributed by atoms with van der Waals surface area (Å²) in [5.74, 6) is -5.48. The second kappa shape index (κ2) is 8.60. The predicted octanol–water partition coefficient (Wildman–Crippen LogP) is 1.97. The Morgan fingerprint density at radius 3 is 2.34 bits per heavy atom. The van der Waals surface area contributed by atoms with E-state index in [1.807, 2.05) is 0 Å². The fourth-order valence-corrected chi connectivity index (χ4v) is 2.79. The number of amides is 1. The van der Waals surface area contributed by atoms with Gasteiger partial charge in [-0.15, -0.1) is 0 Å². The molecule has 0 saturated heterocycles. The summed E-state index contributed by atoms with van der Waals surface area (Å²) in [6, 6.07) is 7.05. The van der Waals surface area contributed by atoms with Gasteiger partial charge in [0.05, 0.1) is 15.4 Å². The van der Waals surface area contributed by atoms with Crippen LogP contribution in [0.5, 0.6) is 0 Å². The van der Waals surface area contributed by atoms with Gasteiger partial charge in [0.25, 0.3) is 11.6 Å². The number of hydrogen-bond donors (Lipinski definition) is 2. The lowest BCUT2D eigenvalue weighted by atomic mass is 10.1. The van der Waals surface area contributed by atoms with Crippen molar-refractivity contribution in [2.45, 2.75) is 10.7 Å². The van der Waals surface area contributed by atoms with Crippen LogP contribution in [-0.2, 0) is 19.4 Å². The average Bonchev–Trinajstić information content (AvgIpc) is 2.66. The van der Waals surface area contributed by atoms with Crippen LogP contribution >= 0.6 is 0 Å². The minimum Gasteiger partial charge on any atom is -0.452 e. The highest BCUT2D eigenvalue weighted by molar-refractivity contribution is 7.91. The fourth-order valence-electron chi connectivity index (χ4n) is 2.07. The summed E-state index contributed by atoms with van der Waals surface area (Å²) in [6.07, 6.45) is 0.